The van der Waals surface area contributed by atoms with Crippen LogP contribution < -0.4 is 0 Å². The Morgan fingerprint density at radius 1 is 1.32 bits per heavy atom. The Balaban J connectivity index is 1.94. The van der Waals surface area contributed by atoms with Crippen molar-refractivity contribution in [2.75, 3.05) is 0 Å². The van der Waals surface area contributed by atoms with Crippen LogP contribution in [0.3, 0.4) is 0 Å². The zero-order valence-corrected chi connectivity index (χ0v) is 11.2. The quantitative estimate of drug-likeness (QED) is 0.823. The van der Waals surface area contributed by atoms with Gasteiger partial charge in [0.1, 0.15) is 0 Å². The molecule has 0 amide bonds. The van der Waals surface area contributed by atoms with Crippen LogP contribution in [-0.2, 0) is 0 Å². The molecule has 0 radical (unpaired) electrons. The molecule has 0 bridgehead atoms. The van der Waals surface area contributed by atoms with Gasteiger partial charge in [0.25, 0.3) is 0 Å². The Hall–Kier alpha value is -2.15. The number of hydrogen-bond donors (Lipinski definition) is 0. The van der Waals surface area contributed by atoms with Crippen molar-refractivity contribution >= 4 is 0 Å². The number of nitrogens with zero attached hydrogens (tertiary/aromatic N) is 3. The van der Waals surface area contributed by atoms with Gasteiger partial charge in [-0.25, -0.2) is 0 Å². The van der Waals surface area contributed by atoms with Crippen molar-refractivity contribution in [1.29, 1.82) is 5.26 Å². The van der Waals surface area contributed by atoms with Gasteiger partial charge in [-0.15, -0.1) is 0 Å². The van der Waals surface area contributed by atoms with Crippen molar-refractivity contribution in [3.05, 3.63) is 35.7 Å². The number of rotatable bonds is 2. The van der Waals surface area contributed by atoms with E-state index in [-0.39, 0.29) is 17.3 Å². The fourth-order valence-corrected chi connectivity index (χ4v) is 2.63. The highest BCUT2D eigenvalue weighted by atomic mass is 16.5. The summed E-state index contributed by atoms with van der Waals surface area (Å²) in [5.41, 5.74) is 2.02. The van der Waals surface area contributed by atoms with E-state index in [9.17, 15) is 0 Å². The number of nitriles is 1. The van der Waals surface area contributed by atoms with Gasteiger partial charge in [-0.3, -0.25) is 0 Å². The Kier molecular flexibility index (Phi) is 2.46. The molecule has 1 aromatic heterocycles. The van der Waals surface area contributed by atoms with E-state index in [1.807, 2.05) is 31.2 Å². The molecular weight excluding hydrogens is 238 g/mol. The van der Waals surface area contributed by atoms with E-state index in [0.717, 1.165) is 11.1 Å². The maximum atomic E-state index is 9.10. The van der Waals surface area contributed by atoms with E-state index in [1.54, 1.807) is 0 Å². The lowest BCUT2D eigenvalue weighted by molar-refractivity contribution is 0.368. The predicted molar refractivity (Wildman–Crippen MR) is 70.1 cm³/mol. The Morgan fingerprint density at radius 3 is 2.68 bits per heavy atom. The monoisotopic (exact) mass is 253 g/mol. The van der Waals surface area contributed by atoms with Crippen LogP contribution in [0.1, 0.15) is 31.2 Å². The molecule has 0 N–H and O–H groups in total. The third-order valence-corrected chi connectivity index (χ3v) is 4.06. The van der Waals surface area contributed by atoms with E-state index < -0.39 is 0 Å². The topological polar surface area (TPSA) is 62.7 Å². The summed E-state index contributed by atoms with van der Waals surface area (Å²) in [5, 5.41) is 13.1. The van der Waals surface area contributed by atoms with Gasteiger partial charge < -0.3 is 4.52 Å². The first-order valence-electron chi connectivity index (χ1n) is 6.35. The van der Waals surface area contributed by atoms with Crippen LogP contribution in [0.4, 0.5) is 0 Å². The largest absolute Gasteiger partial charge is 0.339 e. The summed E-state index contributed by atoms with van der Waals surface area (Å²) in [6, 6.07) is 10.2. The fourth-order valence-electron chi connectivity index (χ4n) is 2.63. The van der Waals surface area contributed by atoms with E-state index in [1.165, 1.54) is 0 Å². The highest BCUT2D eigenvalue weighted by Crippen LogP contribution is 2.63. The maximum absolute atomic E-state index is 9.10. The molecule has 1 aliphatic rings. The molecule has 3 rings (SSSR count). The highest BCUT2D eigenvalue weighted by Gasteiger charge is 2.62. The Morgan fingerprint density at radius 2 is 2.05 bits per heavy atom. The van der Waals surface area contributed by atoms with Gasteiger partial charge in [0, 0.05) is 5.56 Å². The number of benzene rings is 1. The normalized spacial score (nSPS) is 23.9. The smallest absolute Gasteiger partial charge is 0.232 e. The molecule has 2 aromatic rings. The standard InChI is InChI=1S/C15H15N3O/c1-9-6-4-5-7-10(9)13-17-14(19-18-13)12-11(8-16)15(12,2)3/h4-7,11-12H,1-3H3. The third-order valence-electron chi connectivity index (χ3n) is 4.06. The van der Waals surface area contributed by atoms with Crippen LogP contribution in [0.15, 0.2) is 28.8 Å². The number of aromatic nitrogens is 2. The maximum Gasteiger partial charge on any atom is 0.232 e. The predicted octanol–water partition coefficient (Wildman–Crippen LogP) is 3.31. The molecular formula is C15H15N3O. The lowest BCUT2D eigenvalue weighted by Crippen LogP contribution is -1.90. The van der Waals surface area contributed by atoms with E-state index in [2.05, 4.69) is 30.1 Å². The SMILES string of the molecule is Cc1ccccc1-c1noc(C2C(C#N)C2(C)C)n1. The van der Waals surface area contributed by atoms with Gasteiger partial charge in [0.2, 0.25) is 11.7 Å². The molecule has 0 spiro atoms. The third kappa shape index (κ3) is 1.74. The molecule has 1 fully saturated rings. The zero-order valence-electron chi connectivity index (χ0n) is 11.2. The molecule has 4 nitrogen and oxygen atoms in total. The van der Waals surface area contributed by atoms with Crippen LogP contribution in [0, 0.1) is 29.6 Å². The molecule has 1 aliphatic carbocycles. The van der Waals surface area contributed by atoms with Crippen LogP contribution in [0.2, 0.25) is 0 Å². The van der Waals surface area contributed by atoms with Crippen molar-refractivity contribution < 1.29 is 4.52 Å². The summed E-state index contributed by atoms with van der Waals surface area (Å²) < 4.78 is 5.35. The second-order valence-electron chi connectivity index (χ2n) is 5.68. The van der Waals surface area contributed by atoms with Crippen molar-refractivity contribution in [3.63, 3.8) is 0 Å². The summed E-state index contributed by atoms with van der Waals surface area (Å²) >= 11 is 0. The fraction of sp³-hybridized carbons (Fsp3) is 0.400. The second-order valence-corrected chi connectivity index (χ2v) is 5.68. The lowest BCUT2D eigenvalue weighted by atomic mass is 10.1. The summed E-state index contributed by atoms with van der Waals surface area (Å²) in [6.45, 7) is 6.14. The van der Waals surface area contributed by atoms with Crippen LogP contribution in [0.25, 0.3) is 11.4 Å². The molecule has 4 heteroatoms. The van der Waals surface area contributed by atoms with Gasteiger partial charge in [-0.1, -0.05) is 43.3 Å². The van der Waals surface area contributed by atoms with E-state index >= 15 is 0 Å². The molecule has 1 saturated carbocycles. The molecule has 19 heavy (non-hydrogen) atoms. The van der Waals surface area contributed by atoms with Gasteiger partial charge in [0.05, 0.1) is 17.9 Å². The second kappa shape index (κ2) is 3.92. The lowest BCUT2D eigenvalue weighted by Gasteiger charge is -1.98. The van der Waals surface area contributed by atoms with Crippen LogP contribution >= 0.6 is 0 Å². The number of hydrogen-bond acceptors (Lipinski definition) is 4. The van der Waals surface area contributed by atoms with E-state index in [4.69, 9.17) is 9.78 Å². The molecule has 0 saturated heterocycles. The van der Waals surface area contributed by atoms with Crippen molar-refractivity contribution in [2.45, 2.75) is 26.7 Å². The average molecular weight is 253 g/mol. The first-order chi connectivity index (χ1) is 9.05. The molecule has 2 atom stereocenters. The van der Waals surface area contributed by atoms with Gasteiger partial charge >= 0.3 is 0 Å². The first-order valence-corrected chi connectivity index (χ1v) is 6.35. The zero-order chi connectivity index (χ0) is 13.6. The Bertz CT molecular complexity index is 666. The Labute approximate surface area is 112 Å². The summed E-state index contributed by atoms with van der Waals surface area (Å²) in [6.07, 6.45) is 0. The van der Waals surface area contributed by atoms with Crippen molar-refractivity contribution in [3.8, 4) is 17.5 Å². The summed E-state index contributed by atoms with van der Waals surface area (Å²) in [4.78, 5) is 4.47. The van der Waals surface area contributed by atoms with Crippen molar-refractivity contribution in [2.24, 2.45) is 11.3 Å². The van der Waals surface area contributed by atoms with Gasteiger partial charge in [-0.05, 0) is 17.9 Å². The van der Waals surface area contributed by atoms with Crippen LogP contribution in [-0.4, -0.2) is 10.1 Å². The first kappa shape index (κ1) is 11.9. The van der Waals surface area contributed by atoms with Crippen molar-refractivity contribution in [1.82, 2.24) is 10.1 Å². The van der Waals surface area contributed by atoms with Gasteiger partial charge in [-0.2, -0.15) is 10.2 Å². The summed E-state index contributed by atoms with van der Waals surface area (Å²) in [5.74, 6) is 1.21. The minimum atomic E-state index is -0.0652. The average Bonchev–Trinajstić information content (AvgIpc) is 2.75. The van der Waals surface area contributed by atoms with Gasteiger partial charge in [0.15, 0.2) is 0 Å². The molecule has 2 unspecified atom stereocenters. The molecule has 0 aliphatic heterocycles. The molecule has 1 aromatic carbocycles. The molecule has 1 heterocycles. The number of aryl methyl sites for hydroxylation is 1. The minimum Gasteiger partial charge on any atom is -0.339 e. The molecule has 96 valence electrons. The highest BCUT2D eigenvalue weighted by molar-refractivity contribution is 5.59. The van der Waals surface area contributed by atoms with E-state index in [0.29, 0.717) is 11.7 Å². The van der Waals surface area contributed by atoms with Crippen LogP contribution in [0.5, 0.6) is 0 Å². The summed E-state index contributed by atoms with van der Waals surface area (Å²) in [7, 11) is 0. The minimum absolute atomic E-state index is 0.0299.